The van der Waals surface area contributed by atoms with E-state index in [9.17, 15) is 4.79 Å². The first-order valence-corrected chi connectivity index (χ1v) is 5.48. The molecule has 0 aliphatic heterocycles. The van der Waals surface area contributed by atoms with Gasteiger partial charge < -0.3 is 15.1 Å². The van der Waals surface area contributed by atoms with E-state index >= 15 is 0 Å². The molecular formula is C12H22N2O2. The molecule has 2 N–H and O–H groups in total. The molecule has 1 aromatic rings. The summed E-state index contributed by atoms with van der Waals surface area (Å²) in [6.07, 6.45) is 1.25. The highest BCUT2D eigenvalue weighted by Crippen LogP contribution is 2.15. The largest absolute Gasteiger partial charge is 0.464 e. The lowest BCUT2D eigenvalue weighted by atomic mass is 10.2. The van der Waals surface area contributed by atoms with Crippen LogP contribution in [0.4, 0.5) is 0 Å². The van der Waals surface area contributed by atoms with Crippen molar-refractivity contribution in [2.75, 3.05) is 14.1 Å². The maximum absolute atomic E-state index is 11.5. The number of aryl methyl sites for hydroxylation is 1. The van der Waals surface area contributed by atoms with Gasteiger partial charge in [-0.1, -0.05) is 20.3 Å². The molecule has 0 aromatic carbocycles. The van der Waals surface area contributed by atoms with Gasteiger partial charge in [-0.2, -0.15) is 0 Å². The van der Waals surface area contributed by atoms with Gasteiger partial charge in [0.25, 0.3) is 5.91 Å². The second-order valence-electron chi connectivity index (χ2n) is 3.79. The molecule has 0 unspecified atom stereocenters. The van der Waals surface area contributed by atoms with Crippen LogP contribution in [0.1, 0.15) is 42.1 Å². The molecule has 1 amide bonds. The molecule has 0 saturated heterocycles. The molecule has 16 heavy (non-hydrogen) atoms. The maximum Gasteiger partial charge on any atom is 0.256 e. The Labute approximate surface area is 97.4 Å². The van der Waals surface area contributed by atoms with Gasteiger partial charge in [-0.05, 0) is 13.0 Å². The lowest BCUT2D eigenvalue weighted by Gasteiger charge is -2.07. The van der Waals surface area contributed by atoms with Crippen LogP contribution in [0.2, 0.25) is 0 Å². The fourth-order valence-corrected chi connectivity index (χ4v) is 1.10. The monoisotopic (exact) mass is 226 g/mol. The fraction of sp³-hybridized carbons (Fsp3) is 0.583. The number of nitrogens with zero attached hydrogens (tertiary/aromatic N) is 1. The standard InChI is InChI=1S/C9H14N2O2.C3H8/c1-6-8(9(12)11(2)3)4-7(5-10)13-6;1-3-2/h4H,5,10H2,1-3H3;3H2,1-2H3. The normalized spacial score (nSPS) is 9.38. The Morgan fingerprint density at radius 1 is 1.44 bits per heavy atom. The first-order valence-electron chi connectivity index (χ1n) is 5.48. The average Bonchev–Trinajstić information content (AvgIpc) is 2.59. The minimum atomic E-state index is -0.0547. The Hall–Kier alpha value is -1.29. The molecule has 0 saturated carbocycles. The van der Waals surface area contributed by atoms with Crippen LogP contribution in [0.3, 0.4) is 0 Å². The molecule has 92 valence electrons. The zero-order chi connectivity index (χ0) is 12.7. The van der Waals surface area contributed by atoms with Gasteiger partial charge >= 0.3 is 0 Å². The van der Waals surface area contributed by atoms with Gasteiger partial charge in [0.05, 0.1) is 12.1 Å². The van der Waals surface area contributed by atoms with Crippen molar-refractivity contribution < 1.29 is 9.21 Å². The van der Waals surface area contributed by atoms with E-state index in [2.05, 4.69) is 13.8 Å². The summed E-state index contributed by atoms with van der Waals surface area (Å²) in [4.78, 5) is 13.0. The van der Waals surface area contributed by atoms with Crippen LogP contribution < -0.4 is 5.73 Å². The van der Waals surface area contributed by atoms with Crippen LogP contribution in [0.25, 0.3) is 0 Å². The van der Waals surface area contributed by atoms with Gasteiger partial charge in [0, 0.05) is 14.1 Å². The highest BCUT2D eigenvalue weighted by molar-refractivity contribution is 5.94. The number of carbonyl (C=O) groups excluding carboxylic acids is 1. The Morgan fingerprint density at radius 3 is 2.25 bits per heavy atom. The SMILES string of the molecule is CCC.Cc1oc(CN)cc1C(=O)N(C)C. The van der Waals surface area contributed by atoms with Crippen molar-refractivity contribution in [2.45, 2.75) is 33.7 Å². The van der Waals surface area contributed by atoms with Crippen molar-refractivity contribution in [3.63, 3.8) is 0 Å². The predicted molar refractivity (Wildman–Crippen MR) is 65.3 cm³/mol. The first kappa shape index (κ1) is 14.7. The number of nitrogens with two attached hydrogens (primary N) is 1. The van der Waals surface area contributed by atoms with E-state index in [4.69, 9.17) is 10.2 Å². The molecular weight excluding hydrogens is 204 g/mol. The zero-order valence-electron chi connectivity index (χ0n) is 10.8. The van der Waals surface area contributed by atoms with Crippen molar-refractivity contribution in [3.8, 4) is 0 Å². The van der Waals surface area contributed by atoms with Crippen molar-refractivity contribution in [3.05, 3.63) is 23.2 Å². The number of carbonyl (C=O) groups is 1. The van der Waals surface area contributed by atoms with E-state index in [0.29, 0.717) is 23.6 Å². The third kappa shape index (κ3) is 4.06. The van der Waals surface area contributed by atoms with Crippen LogP contribution in [0.5, 0.6) is 0 Å². The average molecular weight is 226 g/mol. The van der Waals surface area contributed by atoms with Gasteiger partial charge in [-0.15, -0.1) is 0 Å². The van der Waals surface area contributed by atoms with Crippen LogP contribution in [-0.2, 0) is 6.54 Å². The van der Waals surface area contributed by atoms with E-state index in [0.717, 1.165) is 0 Å². The summed E-state index contributed by atoms with van der Waals surface area (Å²) in [7, 11) is 3.41. The Balaban J connectivity index is 0.000000673. The molecule has 4 heteroatoms. The van der Waals surface area contributed by atoms with Crippen LogP contribution >= 0.6 is 0 Å². The number of furan rings is 1. The van der Waals surface area contributed by atoms with Gasteiger partial charge in [0.15, 0.2) is 0 Å². The summed E-state index contributed by atoms with van der Waals surface area (Å²) in [5.74, 6) is 1.21. The number of rotatable bonds is 2. The second-order valence-corrected chi connectivity index (χ2v) is 3.79. The second kappa shape index (κ2) is 7.06. The van der Waals surface area contributed by atoms with Crippen LogP contribution in [0.15, 0.2) is 10.5 Å². The fourth-order valence-electron chi connectivity index (χ4n) is 1.10. The van der Waals surface area contributed by atoms with E-state index in [1.807, 2.05) is 0 Å². The molecule has 0 aliphatic rings. The minimum Gasteiger partial charge on any atom is -0.464 e. The Morgan fingerprint density at radius 2 is 1.94 bits per heavy atom. The minimum absolute atomic E-state index is 0.0547. The van der Waals surface area contributed by atoms with Crippen molar-refractivity contribution >= 4 is 5.91 Å². The summed E-state index contributed by atoms with van der Waals surface area (Å²) >= 11 is 0. The van der Waals surface area contributed by atoms with Gasteiger partial charge in [-0.25, -0.2) is 0 Å². The highest BCUT2D eigenvalue weighted by Gasteiger charge is 2.15. The van der Waals surface area contributed by atoms with Crippen LogP contribution in [-0.4, -0.2) is 24.9 Å². The zero-order valence-corrected chi connectivity index (χ0v) is 10.8. The van der Waals surface area contributed by atoms with Crippen LogP contribution in [0, 0.1) is 6.92 Å². The predicted octanol–water partition coefficient (Wildman–Crippen LogP) is 2.16. The quantitative estimate of drug-likeness (QED) is 0.840. The number of hydrogen-bond acceptors (Lipinski definition) is 3. The smallest absolute Gasteiger partial charge is 0.256 e. The third-order valence-corrected chi connectivity index (χ3v) is 1.81. The first-order chi connectivity index (χ1) is 7.47. The maximum atomic E-state index is 11.5. The lowest BCUT2D eigenvalue weighted by molar-refractivity contribution is 0.0826. The third-order valence-electron chi connectivity index (χ3n) is 1.81. The van der Waals surface area contributed by atoms with E-state index in [1.165, 1.54) is 11.3 Å². The summed E-state index contributed by atoms with van der Waals surface area (Å²) < 4.78 is 5.26. The molecule has 1 heterocycles. The van der Waals surface area contributed by atoms with E-state index in [1.54, 1.807) is 27.1 Å². The van der Waals surface area contributed by atoms with E-state index < -0.39 is 0 Å². The van der Waals surface area contributed by atoms with E-state index in [-0.39, 0.29) is 5.91 Å². The highest BCUT2D eigenvalue weighted by atomic mass is 16.3. The van der Waals surface area contributed by atoms with Gasteiger partial charge in [0.1, 0.15) is 11.5 Å². The topological polar surface area (TPSA) is 59.5 Å². The molecule has 1 aromatic heterocycles. The number of hydrogen-bond donors (Lipinski definition) is 1. The molecule has 0 fully saturated rings. The summed E-state index contributed by atoms with van der Waals surface area (Å²) in [6, 6.07) is 1.69. The van der Waals surface area contributed by atoms with Crippen molar-refractivity contribution in [1.82, 2.24) is 4.90 Å². The van der Waals surface area contributed by atoms with Crippen molar-refractivity contribution in [2.24, 2.45) is 5.73 Å². The van der Waals surface area contributed by atoms with Crippen molar-refractivity contribution in [1.29, 1.82) is 0 Å². The van der Waals surface area contributed by atoms with Gasteiger partial charge in [-0.3, -0.25) is 4.79 Å². The molecule has 0 bridgehead atoms. The lowest BCUT2D eigenvalue weighted by Crippen LogP contribution is -2.21. The summed E-state index contributed by atoms with van der Waals surface area (Å²) in [5, 5.41) is 0. The number of amides is 1. The Bertz CT molecular complexity index is 330. The molecule has 0 radical (unpaired) electrons. The molecule has 0 aliphatic carbocycles. The molecule has 1 rings (SSSR count). The van der Waals surface area contributed by atoms with Gasteiger partial charge in [0.2, 0.25) is 0 Å². The summed E-state index contributed by atoms with van der Waals surface area (Å²) in [5.41, 5.74) is 5.98. The Kier molecular flexibility index (Phi) is 6.49. The summed E-state index contributed by atoms with van der Waals surface area (Å²) in [6.45, 7) is 6.33. The molecule has 0 atom stereocenters. The molecule has 0 spiro atoms. The molecule has 4 nitrogen and oxygen atoms in total.